The predicted octanol–water partition coefficient (Wildman–Crippen LogP) is 3.18. The van der Waals surface area contributed by atoms with Crippen molar-refractivity contribution in [1.82, 2.24) is 4.57 Å². The van der Waals surface area contributed by atoms with Crippen molar-refractivity contribution in [1.29, 1.82) is 0 Å². The van der Waals surface area contributed by atoms with E-state index >= 15 is 0 Å². The number of rotatable bonds is 6. The minimum atomic E-state index is -0.293. The Morgan fingerprint density at radius 2 is 1.89 bits per heavy atom. The lowest BCUT2D eigenvalue weighted by molar-refractivity contribution is -0.143. The first-order valence-electron chi connectivity index (χ1n) is 6.22. The molecule has 3 nitrogen and oxygen atoms in total. The molecular formula is C14H18FNO2. The largest absolute Gasteiger partial charge is 0.351 e. The minimum absolute atomic E-state index is 0.199. The second-order valence-electron chi connectivity index (χ2n) is 3.98. The van der Waals surface area contributed by atoms with Gasteiger partial charge in [-0.3, -0.25) is 0 Å². The Hall–Kier alpha value is -1.39. The van der Waals surface area contributed by atoms with Gasteiger partial charge in [0.25, 0.3) is 0 Å². The number of hydrogen-bond donors (Lipinski definition) is 0. The molecule has 0 atom stereocenters. The molecule has 0 aliphatic carbocycles. The van der Waals surface area contributed by atoms with E-state index in [0.717, 1.165) is 5.52 Å². The van der Waals surface area contributed by atoms with Crippen LogP contribution in [-0.2, 0) is 16.0 Å². The van der Waals surface area contributed by atoms with Crippen LogP contribution in [0.25, 0.3) is 10.9 Å². The average molecular weight is 251 g/mol. The molecule has 0 spiro atoms. The molecule has 18 heavy (non-hydrogen) atoms. The second kappa shape index (κ2) is 5.98. The fraction of sp³-hybridized carbons (Fsp3) is 0.429. The van der Waals surface area contributed by atoms with E-state index in [-0.39, 0.29) is 12.1 Å². The van der Waals surface area contributed by atoms with E-state index in [1.165, 1.54) is 6.07 Å². The maximum absolute atomic E-state index is 13.6. The molecule has 4 heteroatoms. The molecule has 2 rings (SSSR count). The van der Waals surface area contributed by atoms with Crippen LogP contribution in [0.15, 0.2) is 30.5 Å². The number of nitrogens with zero attached hydrogens (tertiary/aromatic N) is 1. The molecule has 0 amide bonds. The summed E-state index contributed by atoms with van der Waals surface area (Å²) in [6, 6.07) is 6.85. The van der Waals surface area contributed by atoms with Crippen molar-refractivity contribution >= 4 is 10.9 Å². The zero-order valence-corrected chi connectivity index (χ0v) is 10.7. The van der Waals surface area contributed by atoms with Crippen molar-refractivity contribution < 1.29 is 13.9 Å². The molecule has 0 aliphatic rings. The van der Waals surface area contributed by atoms with Crippen LogP contribution in [0.3, 0.4) is 0 Å². The molecule has 1 aromatic carbocycles. The molecule has 0 radical (unpaired) electrons. The zero-order valence-electron chi connectivity index (χ0n) is 10.7. The van der Waals surface area contributed by atoms with Crippen molar-refractivity contribution in [3.63, 3.8) is 0 Å². The lowest BCUT2D eigenvalue weighted by Crippen LogP contribution is -2.23. The van der Waals surface area contributed by atoms with Gasteiger partial charge in [-0.25, -0.2) is 4.39 Å². The molecule has 0 bridgehead atoms. The molecule has 0 aliphatic heterocycles. The number of ether oxygens (including phenoxy) is 2. The highest BCUT2D eigenvalue weighted by Crippen LogP contribution is 2.19. The maximum Gasteiger partial charge on any atom is 0.175 e. The maximum atomic E-state index is 13.6. The molecular weight excluding hydrogens is 233 g/mol. The average Bonchev–Trinajstić information content (AvgIpc) is 2.75. The molecule has 0 saturated carbocycles. The van der Waals surface area contributed by atoms with Crippen LogP contribution in [0, 0.1) is 5.82 Å². The summed E-state index contributed by atoms with van der Waals surface area (Å²) in [6.45, 7) is 5.62. The summed E-state index contributed by atoms with van der Waals surface area (Å²) in [5.41, 5.74) is 0.861. The smallest absolute Gasteiger partial charge is 0.175 e. The molecule has 1 aromatic heterocycles. The van der Waals surface area contributed by atoms with Crippen LogP contribution < -0.4 is 0 Å². The topological polar surface area (TPSA) is 23.4 Å². The summed E-state index contributed by atoms with van der Waals surface area (Å²) >= 11 is 0. The van der Waals surface area contributed by atoms with Gasteiger partial charge in [-0.2, -0.15) is 0 Å². The molecule has 0 saturated heterocycles. The Balaban J connectivity index is 2.22. The molecule has 98 valence electrons. The number of hydrogen-bond acceptors (Lipinski definition) is 2. The molecule has 0 unspecified atom stereocenters. The first kappa shape index (κ1) is 13.1. The summed E-state index contributed by atoms with van der Waals surface area (Å²) in [5.74, 6) is -0.199. The SMILES string of the molecule is CCOC(Cn1ccc2c(F)cccc21)OCC. The van der Waals surface area contributed by atoms with Gasteiger partial charge in [0.2, 0.25) is 0 Å². The quantitative estimate of drug-likeness (QED) is 0.736. The number of aromatic nitrogens is 1. The Labute approximate surface area is 106 Å². The number of benzene rings is 1. The van der Waals surface area contributed by atoms with Crippen LogP contribution in [0.2, 0.25) is 0 Å². The Morgan fingerprint density at radius 3 is 2.56 bits per heavy atom. The van der Waals surface area contributed by atoms with Gasteiger partial charge in [0.05, 0.1) is 12.1 Å². The minimum Gasteiger partial charge on any atom is -0.351 e. The highest BCUT2D eigenvalue weighted by atomic mass is 19.1. The normalized spacial score (nSPS) is 11.6. The first-order valence-corrected chi connectivity index (χ1v) is 6.22. The lowest BCUT2D eigenvalue weighted by Gasteiger charge is -2.18. The molecule has 1 heterocycles. The van der Waals surface area contributed by atoms with E-state index in [1.54, 1.807) is 12.1 Å². The molecule has 0 fully saturated rings. The standard InChI is InChI=1S/C14H18FNO2/c1-3-17-14(18-4-2)10-16-9-8-11-12(15)6-5-7-13(11)16/h5-9,14H,3-4,10H2,1-2H3. The van der Waals surface area contributed by atoms with Gasteiger partial charge in [0, 0.05) is 24.8 Å². The number of fused-ring (bicyclic) bond motifs is 1. The monoisotopic (exact) mass is 251 g/mol. The van der Waals surface area contributed by atoms with Crippen molar-refractivity contribution in [2.75, 3.05) is 13.2 Å². The van der Waals surface area contributed by atoms with Gasteiger partial charge < -0.3 is 14.0 Å². The third kappa shape index (κ3) is 2.71. The summed E-state index contributed by atoms with van der Waals surface area (Å²) in [5, 5.41) is 0.629. The van der Waals surface area contributed by atoms with E-state index in [4.69, 9.17) is 9.47 Å². The fourth-order valence-corrected chi connectivity index (χ4v) is 2.03. The summed E-state index contributed by atoms with van der Waals surface area (Å²) in [6.07, 6.45) is 1.57. The van der Waals surface area contributed by atoms with Gasteiger partial charge in [0.1, 0.15) is 5.82 Å². The lowest BCUT2D eigenvalue weighted by atomic mass is 10.2. The number of halogens is 1. The van der Waals surface area contributed by atoms with E-state index in [9.17, 15) is 4.39 Å². The third-order valence-electron chi connectivity index (χ3n) is 2.81. The molecule has 2 aromatic rings. The second-order valence-corrected chi connectivity index (χ2v) is 3.98. The van der Waals surface area contributed by atoms with Crippen LogP contribution in [-0.4, -0.2) is 24.1 Å². The van der Waals surface area contributed by atoms with Crippen LogP contribution >= 0.6 is 0 Å². The van der Waals surface area contributed by atoms with Crippen molar-refractivity contribution in [3.8, 4) is 0 Å². The van der Waals surface area contributed by atoms with Crippen LogP contribution in [0.4, 0.5) is 4.39 Å². The van der Waals surface area contributed by atoms with Crippen molar-refractivity contribution in [3.05, 3.63) is 36.3 Å². The fourth-order valence-electron chi connectivity index (χ4n) is 2.03. The summed E-state index contributed by atoms with van der Waals surface area (Å²) in [7, 11) is 0. The van der Waals surface area contributed by atoms with Crippen LogP contribution in [0.1, 0.15) is 13.8 Å². The van der Waals surface area contributed by atoms with Crippen LogP contribution in [0.5, 0.6) is 0 Å². The van der Waals surface area contributed by atoms with Gasteiger partial charge in [0.15, 0.2) is 6.29 Å². The molecule has 0 N–H and O–H groups in total. The zero-order chi connectivity index (χ0) is 13.0. The van der Waals surface area contributed by atoms with E-state index in [2.05, 4.69) is 0 Å². The van der Waals surface area contributed by atoms with Gasteiger partial charge >= 0.3 is 0 Å². The highest BCUT2D eigenvalue weighted by molar-refractivity contribution is 5.80. The van der Waals surface area contributed by atoms with Crippen molar-refractivity contribution in [2.24, 2.45) is 0 Å². The summed E-state index contributed by atoms with van der Waals surface area (Å²) in [4.78, 5) is 0. The third-order valence-corrected chi connectivity index (χ3v) is 2.81. The Morgan fingerprint density at radius 1 is 1.17 bits per heavy atom. The van der Waals surface area contributed by atoms with Gasteiger partial charge in [-0.1, -0.05) is 6.07 Å². The van der Waals surface area contributed by atoms with Gasteiger partial charge in [-0.15, -0.1) is 0 Å². The Bertz CT molecular complexity index is 503. The van der Waals surface area contributed by atoms with Crippen molar-refractivity contribution in [2.45, 2.75) is 26.7 Å². The highest BCUT2D eigenvalue weighted by Gasteiger charge is 2.11. The van der Waals surface area contributed by atoms with E-state index in [0.29, 0.717) is 25.1 Å². The Kier molecular flexibility index (Phi) is 4.33. The van der Waals surface area contributed by atoms with Gasteiger partial charge in [-0.05, 0) is 32.0 Å². The predicted molar refractivity (Wildman–Crippen MR) is 68.9 cm³/mol. The van der Waals surface area contributed by atoms with E-state index < -0.39 is 0 Å². The first-order chi connectivity index (χ1) is 8.76. The van der Waals surface area contributed by atoms with E-state index in [1.807, 2.05) is 30.7 Å². The summed E-state index contributed by atoms with van der Waals surface area (Å²) < 4.78 is 26.5.